The van der Waals surface area contributed by atoms with Crippen LogP contribution in [0.1, 0.15) is 29.4 Å². The first-order valence-corrected chi connectivity index (χ1v) is 10.3. The SMILES string of the molecule is Cc1ccc(-c2noc([C@@H](C)N3CCN(CCc4nnc(N)s4)CC3)n2)cc1. The fourth-order valence-corrected chi connectivity index (χ4v) is 3.97. The van der Waals surface area contributed by atoms with E-state index in [1.807, 2.05) is 12.1 Å². The molecule has 1 aliphatic heterocycles. The van der Waals surface area contributed by atoms with E-state index >= 15 is 0 Å². The second-order valence-corrected chi connectivity index (χ2v) is 8.25. The predicted octanol–water partition coefficient (Wildman–Crippen LogP) is 2.40. The van der Waals surface area contributed by atoms with E-state index in [4.69, 9.17) is 10.3 Å². The summed E-state index contributed by atoms with van der Waals surface area (Å²) in [5, 5.41) is 13.7. The monoisotopic (exact) mass is 399 g/mol. The third kappa shape index (κ3) is 4.37. The van der Waals surface area contributed by atoms with Gasteiger partial charge in [-0.3, -0.25) is 4.90 Å². The first kappa shape index (κ1) is 19.0. The Bertz CT molecular complexity index is 899. The molecule has 0 bridgehead atoms. The summed E-state index contributed by atoms with van der Waals surface area (Å²) < 4.78 is 5.56. The molecule has 28 heavy (non-hydrogen) atoms. The average molecular weight is 400 g/mol. The molecule has 1 aromatic carbocycles. The van der Waals surface area contributed by atoms with Crippen LogP contribution in [0.15, 0.2) is 28.8 Å². The highest BCUT2D eigenvalue weighted by molar-refractivity contribution is 7.15. The molecule has 1 saturated heterocycles. The molecule has 0 aliphatic carbocycles. The zero-order valence-corrected chi connectivity index (χ0v) is 17.0. The molecular weight excluding hydrogens is 374 g/mol. The summed E-state index contributed by atoms with van der Waals surface area (Å²) in [4.78, 5) is 9.47. The molecule has 8 nitrogen and oxygen atoms in total. The number of anilines is 1. The molecule has 0 amide bonds. The Balaban J connectivity index is 1.30. The highest BCUT2D eigenvalue weighted by atomic mass is 32.1. The Hall–Kier alpha value is -2.36. The second-order valence-electron chi connectivity index (χ2n) is 7.16. The third-order valence-corrected chi connectivity index (χ3v) is 6.00. The van der Waals surface area contributed by atoms with Gasteiger partial charge in [-0.15, -0.1) is 10.2 Å². The van der Waals surface area contributed by atoms with E-state index in [1.165, 1.54) is 16.9 Å². The molecule has 3 aromatic rings. The van der Waals surface area contributed by atoms with Crippen LogP contribution in [0.2, 0.25) is 0 Å². The maximum atomic E-state index is 5.64. The van der Waals surface area contributed by atoms with Gasteiger partial charge in [-0.1, -0.05) is 46.3 Å². The Kier molecular flexibility index (Phi) is 5.65. The van der Waals surface area contributed by atoms with E-state index in [0.717, 1.165) is 49.7 Å². The standard InChI is InChI=1S/C19H25N7OS/c1-13-3-5-15(6-4-13)17-21-18(27-24-17)14(2)26-11-9-25(10-12-26)8-7-16-22-23-19(20)28-16/h3-6,14H,7-12H2,1-2H3,(H2,20,23)/t14-/m1/s1. The van der Waals surface area contributed by atoms with Crippen LogP contribution in [0.4, 0.5) is 5.13 Å². The molecule has 9 heteroatoms. The van der Waals surface area contributed by atoms with Gasteiger partial charge in [0.15, 0.2) is 0 Å². The summed E-state index contributed by atoms with van der Waals surface area (Å²) in [6.45, 7) is 9.15. The van der Waals surface area contributed by atoms with Gasteiger partial charge in [0.2, 0.25) is 16.8 Å². The van der Waals surface area contributed by atoms with Crippen LogP contribution >= 0.6 is 11.3 Å². The quantitative estimate of drug-likeness (QED) is 0.675. The van der Waals surface area contributed by atoms with E-state index < -0.39 is 0 Å². The number of hydrogen-bond donors (Lipinski definition) is 1. The molecule has 0 radical (unpaired) electrons. The molecule has 1 fully saturated rings. The van der Waals surface area contributed by atoms with Crippen molar-refractivity contribution in [3.8, 4) is 11.4 Å². The maximum absolute atomic E-state index is 5.64. The number of hydrogen-bond acceptors (Lipinski definition) is 9. The van der Waals surface area contributed by atoms with Crippen LogP contribution in [-0.2, 0) is 6.42 Å². The van der Waals surface area contributed by atoms with Crippen molar-refractivity contribution in [1.82, 2.24) is 30.1 Å². The second kappa shape index (κ2) is 8.34. The summed E-state index contributed by atoms with van der Waals surface area (Å²) in [6, 6.07) is 8.28. The third-order valence-electron chi connectivity index (χ3n) is 5.19. The lowest BCUT2D eigenvalue weighted by Crippen LogP contribution is -2.47. The van der Waals surface area contributed by atoms with Gasteiger partial charge in [-0.05, 0) is 13.8 Å². The molecule has 148 valence electrons. The minimum absolute atomic E-state index is 0.108. The lowest BCUT2D eigenvalue weighted by Gasteiger charge is -2.36. The van der Waals surface area contributed by atoms with Crippen LogP contribution in [0.3, 0.4) is 0 Å². The van der Waals surface area contributed by atoms with Gasteiger partial charge in [0.05, 0.1) is 6.04 Å². The highest BCUT2D eigenvalue weighted by Crippen LogP contribution is 2.24. The van der Waals surface area contributed by atoms with Crippen molar-refractivity contribution in [1.29, 1.82) is 0 Å². The largest absolute Gasteiger partial charge is 0.374 e. The minimum atomic E-state index is 0.108. The maximum Gasteiger partial charge on any atom is 0.244 e. The van der Waals surface area contributed by atoms with E-state index in [1.54, 1.807) is 0 Å². The molecule has 3 heterocycles. The molecule has 0 unspecified atom stereocenters. The van der Waals surface area contributed by atoms with Crippen molar-refractivity contribution in [2.24, 2.45) is 0 Å². The van der Waals surface area contributed by atoms with Crippen molar-refractivity contribution in [2.75, 3.05) is 38.5 Å². The normalized spacial score (nSPS) is 17.1. The molecular formula is C19H25N7OS. The van der Waals surface area contributed by atoms with Crippen LogP contribution in [0.25, 0.3) is 11.4 Å². The van der Waals surface area contributed by atoms with Gasteiger partial charge in [0.25, 0.3) is 0 Å². The zero-order chi connectivity index (χ0) is 19.5. The number of aromatic nitrogens is 4. The van der Waals surface area contributed by atoms with Gasteiger partial charge in [-0.25, -0.2) is 0 Å². The molecule has 2 N–H and O–H groups in total. The fourth-order valence-electron chi connectivity index (χ4n) is 3.38. The number of nitrogens with two attached hydrogens (primary N) is 1. The Labute approximate surface area is 168 Å². The Morgan fingerprint density at radius 1 is 1.14 bits per heavy atom. The number of piperazine rings is 1. The number of nitrogens with zero attached hydrogens (tertiary/aromatic N) is 6. The summed E-state index contributed by atoms with van der Waals surface area (Å²) >= 11 is 1.47. The smallest absolute Gasteiger partial charge is 0.244 e. The zero-order valence-electron chi connectivity index (χ0n) is 16.2. The fraction of sp³-hybridized carbons (Fsp3) is 0.474. The topological polar surface area (TPSA) is 97.2 Å². The molecule has 0 spiro atoms. The lowest BCUT2D eigenvalue weighted by atomic mass is 10.1. The van der Waals surface area contributed by atoms with Crippen molar-refractivity contribution in [3.05, 3.63) is 40.7 Å². The first-order valence-electron chi connectivity index (χ1n) is 9.53. The molecule has 0 saturated carbocycles. The van der Waals surface area contributed by atoms with E-state index in [-0.39, 0.29) is 6.04 Å². The molecule has 1 atom stereocenters. The number of rotatable bonds is 6. The number of aryl methyl sites for hydroxylation is 1. The van der Waals surface area contributed by atoms with Gasteiger partial charge in [0, 0.05) is 44.7 Å². The van der Waals surface area contributed by atoms with Crippen molar-refractivity contribution >= 4 is 16.5 Å². The number of nitrogen functional groups attached to an aromatic ring is 1. The van der Waals surface area contributed by atoms with E-state index in [9.17, 15) is 0 Å². The van der Waals surface area contributed by atoms with Crippen molar-refractivity contribution in [3.63, 3.8) is 0 Å². The molecule has 1 aliphatic rings. The van der Waals surface area contributed by atoms with Gasteiger partial charge >= 0.3 is 0 Å². The lowest BCUT2D eigenvalue weighted by molar-refractivity contribution is 0.0890. The van der Waals surface area contributed by atoms with Crippen LogP contribution in [0, 0.1) is 6.92 Å². The van der Waals surface area contributed by atoms with Gasteiger partial charge in [0.1, 0.15) is 5.01 Å². The summed E-state index contributed by atoms with van der Waals surface area (Å²) in [6.07, 6.45) is 0.897. The Morgan fingerprint density at radius 3 is 2.57 bits per heavy atom. The number of benzene rings is 1. The first-order chi connectivity index (χ1) is 13.6. The van der Waals surface area contributed by atoms with Crippen molar-refractivity contribution in [2.45, 2.75) is 26.3 Å². The van der Waals surface area contributed by atoms with Crippen LogP contribution in [0.5, 0.6) is 0 Å². The summed E-state index contributed by atoms with van der Waals surface area (Å²) in [7, 11) is 0. The van der Waals surface area contributed by atoms with E-state index in [0.29, 0.717) is 16.8 Å². The van der Waals surface area contributed by atoms with Gasteiger partial charge < -0.3 is 15.2 Å². The summed E-state index contributed by atoms with van der Waals surface area (Å²) in [5.74, 6) is 1.32. The highest BCUT2D eigenvalue weighted by Gasteiger charge is 2.26. The van der Waals surface area contributed by atoms with E-state index in [2.05, 4.69) is 56.1 Å². The summed E-state index contributed by atoms with van der Waals surface area (Å²) in [5.41, 5.74) is 7.84. The predicted molar refractivity (Wildman–Crippen MR) is 109 cm³/mol. The van der Waals surface area contributed by atoms with Gasteiger partial charge in [-0.2, -0.15) is 4.98 Å². The average Bonchev–Trinajstić information content (AvgIpc) is 3.36. The Morgan fingerprint density at radius 2 is 1.89 bits per heavy atom. The molecule has 4 rings (SSSR count). The van der Waals surface area contributed by atoms with Crippen LogP contribution in [-0.4, -0.2) is 62.9 Å². The van der Waals surface area contributed by atoms with Crippen LogP contribution < -0.4 is 5.73 Å². The molecule has 2 aromatic heterocycles. The minimum Gasteiger partial charge on any atom is -0.374 e. The van der Waals surface area contributed by atoms with Crippen molar-refractivity contribution < 1.29 is 4.52 Å².